The highest BCUT2D eigenvalue weighted by Crippen LogP contribution is 2.65. The zero-order chi connectivity index (χ0) is 79.6. The maximum Gasteiger partial charge on any atom is 0.0755 e. The first-order chi connectivity index (χ1) is 60.5. The Kier molecular flexibility index (Phi) is 14.3. The maximum atomic E-state index is 2.61. The van der Waals surface area contributed by atoms with E-state index in [1.807, 2.05) is 22.7 Å². The number of thiophene rings is 2. The van der Waals surface area contributed by atoms with Gasteiger partial charge in [-0.15, -0.1) is 22.7 Å². The number of hydrogen-bond donors (Lipinski definition) is 0. The van der Waals surface area contributed by atoms with Crippen molar-refractivity contribution in [1.82, 2.24) is 18.3 Å². The van der Waals surface area contributed by atoms with Gasteiger partial charge in [-0.3, -0.25) is 0 Å². The highest BCUT2D eigenvalue weighted by atomic mass is 32.1. The predicted molar refractivity (Wildman–Crippen MR) is 517 cm³/mol. The first kappa shape index (κ1) is 67.6. The average Bonchev–Trinajstić information content (AvgIpc) is 1.49. The van der Waals surface area contributed by atoms with Gasteiger partial charge in [0.25, 0.3) is 0 Å². The molecule has 0 fully saturated rings. The summed E-state index contributed by atoms with van der Waals surface area (Å²) in [5.41, 5.74) is 33.5. The van der Waals surface area contributed by atoms with Gasteiger partial charge in [0.15, 0.2) is 0 Å². The van der Waals surface area contributed by atoms with Crippen LogP contribution in [0.25, 0.3) is 206 Å². The van der Waals surface area contributed by atoms with Crippen LogP contribution in [-0.2, 0) is 5.41 Å². The fourth-order valence-corrected chi connectivity index (χ4v) is 23.6. The van der Waals surface area contributed by atoms with Crippen molar-refractivity contribution in [2.24, 2.45) is 0 Å². The standard InChI is InChI=1S/C115H69N5S2/c1-6-24-70(25-7-1)72-42-44-73(45-43-72)74-46-51-81(52-47-74)119-106-60-77(48-54-84(106)91-63-88-87-62-90-83-34-16-20-38-101(83)116(78-28-10-3-11-29-78)107(90)66-99(87)115(100(88)67-108(91)119)97-36-18-21-39-103(97)117(79-30-12-4-13-31-79)104-40-22-19-37-98(104)115)76-49-55-85-92-64-95-96-65-93-89-58-75(71-26-8-2-9-27-71)50-56-102(89)120(82-53-57-112-94(61-82)86-35-17-23-41-111(86)121-112)110(93)69-114(96)122-113(95)68-109(92)118(105(85)59-76)80-32-14-5-15-33-80/h1-69H. The van der Waals surface area contributed by atoms with Gasteiger partial charge in [-0.2, -0.15) is 0 Å². The van der Waals surface area contributed by atoms with Crippen LogP contribution in [0.5, 0.6) is 0 Å². The van der Waals surface area contributed by atoms with Crippen LogP contribution in [0.2, 0.25) is 0 Å². The molecule has 0 saturated carbocycles. The summed E-state index contributed by atoms with van der Waals surface area (Å²) in [5, 5.41) is 14.9. The Morgan fingerprint density at radius 2 is 0.508 bits per heavy atom. The Labute approximate surface area is 709 Å². The number of nitrogens with zero attached hydrogens (tertiary/aromatic N) is 5. The molecule has 2 aliphatic rings. The van der Waals surface area contributed by atoms with Crippen molar-refractivity contribution in [3.05, 3.63) is 441 Å². The summed E-state index contributed by atoms with van der Waals surface area (Å²) in [6.45, 7) is 0. The lowest BCUT2D eigenvalue weighted by Gasteiger charge is -2.45. The van der Waals surface area contributed by atoms with E-state index in [0.717, 1.165) is 67.4 Å². The van der Waals surface area contributed by atoms with Gasteiger partial charge >= 0.3 is 0 Å². The molecule has 0 radical (unpaired) electrons. The zero-order valence-corrected chi connectivity index (χ0v) is 67.5. The molecule has 0 saturated heterocycles. The molecule has 27 rings (SSSR count). The van der Waals surface area contributed by atoms with Crippen molar-refractivity contribution >= 4 is 167 Å². The second-order valence-electron chi connectivity index (χ2n) is 33.0. The smallest absolute Gasteiger partial charge is 0.0755 e. The Morgan fingerprint density at radius 1 is 0.164 bits per heavy atom. The minimum Gasteiger partial charge on any atom is -0.310 e. The van der Waals surface area contributed by atoms with Crippen LogP contribution in [0.1, 0.15) is 22.3 Å². The topological polar surface area (TPSA) is 23.0 Å². The first-order valence-corrected chi connectivity index (χ1v) is 43.6. The molecule has 566 valence electrons. The van der Waals surface area contributed by atoms with Gasteiger partial charge in [-0.05, 0) is 242 Å². The van der Waals surface area contributed by atoms with Crippen molar-refractivity contribution in [2.75, 3.05) is 4.90 Å². The van der Waals surface area contributed by atoms with Crippen LogP contribution in [0.3, 0.4) is 0 Å². The van der Waals surface area contributed by atoms with E-state index in [-0.39, 0.29) is 0 Å². The lowest BCUT2D eigenvalue weighted by Crippen LogP contribution is -2.36. The SMILES string of the molecule is c1ccc(-c2ccc(-c3ccc(-n4c5cc(-c6ccc7c8cc9c(cc8n(-c8ccccc8)c7c6)sc6cc7c(cc69)c6cc(-c8ccccc8)ccc6n7-c6ccc7sc8ccccc8c7c6)ccc5c5cc6c(cc54)C4(c5cc7c(cc5-6)c5ccccc5n7-c5ccccc5)c5ccccc5N(c5ccccc5)c5ccccc54)cc3)cc2)cc1. The van der Waals surface area contributed by atoms with Crippen LogP contribution >= 0.6 is 22.7 Å². The van der Waals surface area contributed by atoms with Gasteiger partial charge in [0.2, 0.25) is 0 Å². The summed E-state index contributed by atoms with van der Waals surface area (Å²) in [5.74, 6) is 0. The minimum atomic E-state index is -0.779. The van der Waals surface area contributed by atoms with Gasteiger partial charge in [-0.25, -0.2) is 0 Å². The third-order valence-electron chi connectivity index (χ3n) is 26.7. The summed E-state index contributed by atoms with van der Waals surface area (Å²) < 4.78 is 15.2. The largest absolute Gasteiger partial charge is 0.310 e. The lowest BCUT2D eigenvalue weighted by molar-refractivity contribution is 0.754. The Hall–Kier alpha value is -15.4. The van der Waals surface area contributed by atoms with Gasteiger partial charge in [0.1, 0.15) is 0 Å². The number of aromatic nitrogens is 4. The average molecular weight is 1580 g/mol. The third kappa shape index (κ3) is 9.68. The van der Waals surface area contributed by atoms with E-state index >= 15 is 0 Å². The molecular formula is C115H69N5S2. The second-order valence-corrected chi connectivity index (χ2v) is 35.1. The zero-order valence-electron chi connectivity index (χ0n) is 65.9. The number of hydrogen-bond acceptors (Lipinski definition) is 3. The molecule has 0 bridgehead atoms. The van der Waals surface area contributed by atoms with E-state index in [0.29, 0.717) is 0 Å². The lowest BCUT2D eigenvalue weighted by atomic mass is 9.64. The summed E-state index contributed by atoms with van der Waals surface area (Å²) in [6.07, 6.45) is 0. The van der Waals surface area contributed by atoms with E-state index in [4.69, 9.17) is 0 Å². The molecule has 0 N–H and O–H groups in total. The number of benzene rings is 19. The van der Waals surface area contributed by atoms with Crippen molar-refractivity contribution in [3.63, 3.8) is 0 Å². The molecule has 5 nitrogen and oxygen atoms in total. The molecule has 19 aromatic carbocycles. The maximum absolute atomic E-state index is 2.61. The molecule has 7 heteroatoms. The van der Waals surface area contributed by atoms with Crippen LogP contribution in [0, 0.1) is 0 Å². The molecule has 6 aromatic heterocycles. The van der Waals surface area contributed by atoms with Gasteiger partial charge in [0, 0.05) is 112 Å². The molecule has 1 aliphatic heterocycles. The number of rotatable bonds is 9. The minimum absolute atomic E-state index is 0.779. The van der Waals surface area contributed by atoms with E-state index in [1.165, 1.54) is 178 Å². The third-order valence-corrected chi connectivity index (χ3v) is 29.0. The summed E-state index contributed by atoms with van der Waals surface area (Å²) in [7, 11) is 0. The highest BCUT2D eigenvalue weighted by molar-refractivity contribution is 7.26. The van der Waals surface area contributed by atoms with Crippen molar-refractivity contribution in [2.45, 2.75) is 5.41 Å². The number of anilines is 3. The van der Waals surface area contributed by atoms with Crippen molar-refractivity contribution in [1.29, 1.82) is 0 Å². The van der Waals surface area contributed by atoms with Crippen molar-refractivity contribution < 1.29 is 0 Å². The first-order valence-electron chi connectivity index (χ1n) is 42.0. The van der Waals surface area contributed by atoms with Gasteiger partial charge in [0.05, 0.1) is 60.9 Å². The second kappa shape index (κ2) is 25.8. The molecule has 1 aliphatic carbocycles. The van der Waals surface area contributed by atoms with Crippen LogP contribution < -0.4 is 4.90 Å². The van der Waals surface area contributed by atoms with Gasteiger partial charge < -0.3 is 23.2 Å². The van der Waals surface area contributed by atoms with E-state index in [9.17, 15) is 0 Å². The molecular weight excluding hydrogens is 1520 g/mol. The van der Waals surface area contributed by atoms with E-state index in [2.05, 4.69) is 442 Å². The van der Waals surface area contributed by atoms with E-state index < -0.39 is 5.41 Å². The molecule has 1 spiro atoms. The van der Waals surface area contributed by atoms with Crippen LogP contribution in [0.15, 0.2) is 419 Å². The molecule has 0 unspecified atom stereocenters. The fraction of sp³-hybridized carbons (Fsp3) is 0.00870. The monoisotopic (exact) mass is 1580 g/mol. The summed E-state index contributed by atoms with van der Waals surface area (Å²) >= 11 is 3.77. The van der Waals surface area contributed by atoms with Crippen LogP contribution in [0.4, 0.5) is 17.1 Å². The van der Waals surface area contributed by atoms with Gasteiger partial charge in [-0.1, -0.05) is 255 Å². The summed E-state index contributed by atoms with van der Waals surface area (Å²) in [6, 6.07) is 158. The predicted octanol–water partition coefficient (Wildman–Crippen LogP) is 31.6. The molecule has 122 heavy (non-hydrogen) atoms. The Morgan fingerprint density at radius 3 is 1.08 bits per heavy atom. The normalized spacial score (nSPS) is 13.0. The quantitative estimate of drug-likeness (QED) is 0.141. The molecule has 0 amide bonds. The number of fused-ring (bicyclic) bond motifs is 27. The van der Waals surface area contributed by atoms with Crippen molar-refractivity contribution in [3.8, 4) is 78.4 Å². The Balaban J connectivity index is 0.675. The van der Waals surface area contributed by atoms with Crippen LogP contribution in [-0.4, -0.2) is 18.3 Å². The fourth-order valence-electron chi connectivity index (χ4n) is 21.3. The molecule has 7 heterocycles. The molecule has 25 aromatic rings. The highest BCUT2D eigenvalue weighted by Gasteiger charge is 2.53. The summed E-state index contributed by atoms with van der Waals surface area (Å²) in [4.78, 5) is 2.49. The van der Waals surface area contributed by atoms with E-state index in [1.54, 1.807) is 0 Å². The Bertz CT molecular complexity index is 8680. The molecule has 0 atom stereocenters. The number of para-hydroxylation sites is 6.